The molecule has 0 radical (unpaired) electrons. The van der Waals surface area contributed by atoms with Gasteiger partial charge in [0.15, 0.2) is 9.84 Å². The predicted octanol–water partition coefficient (Wildman–Crippen LogP) is 1.42. The number of likely N-dealkylation sites (tertiary alicyclic amines) is 1. The summed E-state index contributed by atoms with van der Waals surface area (Å²) in [7, 11) is -3.09. The lowest BCUT2D eigenvalue weighted by molar-refractivity contribution is 0.317. The van der Waals surface area contributed by atoms with E-state index in [-0.39, 0.29) is 0 Å². The fraction of sp³-hybridized carbons (Fsp3) is 0.600. The molecule has 0 spiro atoms. The Kier molecular flexibility index (Phi) is 3.84. The largest absolute Gasteiger partial charge is 0.309 e. The van der Waals surface area contributed by atoms with Gasteiger partial charge in [0.25, 0.3) is 0 Å². The molecule has 0 amide bonds. The minimum absolute atomic E-state index is 0.391. The Bertz CT molecular complexity index is 564. The third kappa shape index (κ3) is 3.40. The second-order valence-corrected chi connectivity index (χ2v) is 8.02. The molecule has 1 unspecified atom stereocenters. The van der Waals surface area contributed by atoms with E-state index in [1.54, 1.807) is 12.1 Å². The molecule has 1 aromatic rings. The highest BCUT2D eigenvalue weighted by atomic mass is 32.2. The minimum Gasteiger partial charge on any atom is -0.309 e. The monoisotopic (exact) mass is 294 g/mol. The first kappa shape index (κ1) is 14.0. The molecule has 0 aromatic heterocycles. The second kappa shape index (κ2) is 5.47. The van der Waals surface area contributed by atoms with Gasteiger partial charge in [-0.05, 0) is 37.0 Å². The first-order chi connectivity index (χ1) is 9.52. The number of benzene rings is 1. The van der Waals surface area contributed by atoms with Gasteiger partial charge in [0.2, 0.25) is 0 Å². The maximum absolute atomic E-state index is 11.4. The highest BCUT2D eigenvalue weighted by Crippen LogP contribution is 2.29. The molecule has 20 heavy (non-hydrogen) atoms. The summed E-state index contributed by atoms with van der Waals surface area (Å²) in [5.41, 5.74) is 1.14. The van der Waals surface area contributed by atoms with Crippen LogP contribution in [0.15, 0.2) is 29.2 Å². The standard InChI is InChI=1S/C15H22N2O2S/c1-20(18,19)15-6-2-12(3-7-15)10-16-13-8-9-17(11-13)14-4-5-14/h2-3,6-7,13-14,16H,4-5,8-11H2,1H3. The quantitative estimate of drug-likeness (QED) is 0.892. The molecule has 1 saturated heterocycles. The van der Waals surface area contributed by atoms with Gasteiger partial charge in [0.1, 0.15) is 0 Å². The highest BCUT2D eigenvalue weighted by molar-refractivity contribution is 7.90. The van der Waals surface area contributed by atoms with Crippen molar-refractivity contribution < 1.29 is 8.42 Å². The highest BCUT2D eigenvalue weighted by Gasteiger charge is 2.33. The summed E-state index contributed by atoms with van der Waals surface area (Å²) in [6.45, 7) is 3.19. The van der Waals surface area contributed by atoms with Gasteiger partial charge in [-0.15, -0.1) is 0 Å². The number of nitrogens with zero attached hydrogens (tertiary/aromatic N) is 1. The maximum Gasteiger partial charge on any atom is 0.175 e. The Hall–Kier alpha value is -0.910. The summed E-state index contributed by atoms with van der Waals surface area (Å²) in [5, 5.41) is 3.58. The van der Waals surface area contributed by atoms with Crippen LogP contribution >= 0.6 is 0 Å². The Morgan fingerprint density at radius 2 is 1.90 bits per heavy atom. The molecule has 1 N–H and O–H groups in total. The Labute approximate surface area is 121 Å². The third-order valence-corrected chi connectivity index (χ3v) is 5.36. The summed E-state index contributed by atoms with van der Waals surface area (Å²) in [5.74, 6) is 0. The van der Waals surface area contributed by atoms with Crippen LogP contribution in [0.4, 0.5) is 0 Å². The number of hydrogen-bond donors (Lipinski definition) is 1. The van der Waals surface area contributed by atoms with Gasteiger partial charge in [-0.3, -0.25) is 4.90 Å². The summed E-state index contributed by atoms with van der Waals surface area (Å²) in [6.07, 6.45) is 5.21. The first-order valence-corrected chi connectivity index (χ1v) is 9.18. The SMILES string of the molecule is CS(=O)(=O)c1ccc(CNC2CCN(C3CC3)C2)cc1. The van der Waals surface area contributed by atoms with Crippen molar-refractivity contribution in [3.63, 3.8) is 0 Å². The molecule has 1 heterocycles. The lowest BCUT2D eigenvalue weighted by atomic mass is 10.2. The molecule has 4 nitrogen and oxygen atoms in total. The van der Waals surface area contributed by atoms with Crippen molar-refractivity contribution in [3.8, 4) is 0 Å². The van der Waals surface area contributed by atoms with Crippen molar-refractivity contribution >= 4 is 9.84 Å². The lowest BCUT2D eigenvalue weighted by Gasteiger charge is -2.15. The fourth-order valence-electron chi connectivity index (χ4n) is 2.84. The molecule has 2 fully saturated rings. The topological polar surface area (TPSA) is 49.4 Å². The fourth-order valence-corrected chi connectivity index (χ4v) is 3.47. The van der Waals surface area contributed by atoms with E-state index in [0.29, 0.717) is 10.9 Å². The molecule has 5 heteroatoms. The molecule has 1 aromatic carbocycles. The van der Waals surface area contributed by atoms with Crippen molar-refractivity contribution in [2.45, 2.75) is 42.8 Å². The van der Waals surface area contributed by atoms with E-state index in [4.69, 9.17) is 0 Å². The van der Waals surface area contributed by atoms with Gasteiger partial charge in [-0.2, -0.15) is 0 Å². The predicted molar refractivity (Wildman–Crippen MR) is 79.4 cm³/mol. The summed E-state index contributed by atoms with van der Waals surface area (Å²) >= 11 is 0. The number of hydrogen-bond acceptors (Lipinski definition) is 4. The van der Waals surface area contributed by atoms with Crippen LogP contribution in [-0.4, -0.2) is 44.7 Å². The number of sulfone groups is 1. The molecule has 110 valence electrons. The Morgan fingerprint density at radius 1 is 1.20 bits per heavy atom. The lowest BCUT2D eigenvalue weighted by Crippen LogP contribution is -2.32. The van der Waals surface area contributed by atoms with E-state index in [9.17, 15) is 8.42 Å². The molecular weight excluding hydrogens is 272 g/mol. The van der Waals surface area contributed by atoms with E-state index < -0.39 is 9.84 Å². The molecular formula is C15H22N2O2S. The van der Waals surface area contributed by atoms with Gasteiger partial charge in [-0.1, -0.05) is 12.1 Å². The van der Waals surface area contributed by atoms with Gasteiger partial charge >= 0.3 is 0 Å². The van der Waals surface area contributed by atoms with E-state index in [1.807, 2.05) is 12.1 Å². The second-order valence-electron chi connectivity index (χ2n) is 6.01. The third-order valence-electron chi connectivity index (χ3n) is 4.23. The van der Waals surface area contributed by atoms with Crippen LogP contribution < -0.4 is 5.32 Å². The number of rotatable bonds is 5. The van der Waals surface area contributed by atoms with Crippen LogP contribution in [0.25, 0.3) is 0 Å². The van der Waals surface area contributed by atoms with E-state index in [2.05, 4.69) is 10.2 Å². The average molecular weight is 294 g/mol. The molecule has 1 aliphatic heterocycles. The zero-order valence-corrected chi connectivity index (χ0v) is 12.7. The Morgan fingerprint density at radius 3 is 2.50 bits per heavy atom. The van der Waals surface area contributed by atoms with Crippen molar-refractivity contribution in [3.05, 3.63) is 29.8 Å². The molecule has 1 saturated carbocycles. The van der Waals surface area contributed by atoms with Gasteiger partial charge in [0, 0.05) is 38.0 Å². The van der Waals surface area contributed by atoms with Crippen LogP contribution in [-0.2, 0) is 16.4 Å². The average Bonchev–Trinajstić information content (AvgIpc) is 3.15. The zero-order valence-electron chi connectivity index (χ0n) is 11.9. The smallest absolute Gasteiger partial charge is 0.175 e. The van der Waals surface area contributed by atoms with Gasteiger partial charge in [0.05, 0.1) is 4.90 Å². The Balaban J connectivity index is 1.51. The van der Waals surface area contributed by atoms with E-state index in [1.165, 1.54) is 32.1 Å². The summed E-state index contributed by atoms with van der Waals surface area (Å²) in [6, 6.07) is 8.62. The van der Waals surface area contributed by atoms with Gasteiger partial charge < -0.3 is 5.32 Å². The molecule has 3 rings (SSSR count). The molecule has 1 aliphatic carbocycles. The molecule has 0 bridgehead atoms. The molecule has 2 aliphatic rings. The van der Waals surface area contributed by atoms with Crippen LogP contribution in [0.3, 0.4) is 0 Å². The minimum atomic E-state index is -3.09. The van der Waals surface area contributed by atoms with Gasteiger partial charge in [-0.25, -0.2) is 8.42 Å². The summed E-state index contributed by atoms with van der Waals surface area (Å²) in [4.78, 5) is 2.98. The number of nitrogens with one attached hydrogen (secondary N) is 1. The van der Waals surface area contributed by atoms with Crippen LogP contribution in [0.5, 0.6) is 0 Å². The van der Waals surface area contributed by atoms with Crippen LogP contribution in [0.2, 0.25) is 0 Å². The summed E-state index contributed by atoms with van der Waals surface area (Å²) < 4.78 is 22.8. The first-order valence-electron chi connectivity index (χ1n) is 7.29. The van der Waals surface area contributed by atoms with Crippen molar-refractivity contribution in [1.82, 2.24) is 10.2 Å². The molecule has 1 atom stereocenters. The van der Waals surface area contributed by atoms with Crippen LogP contribution in [0, 0.1) is 0 Å². The maximum atomic E-state index is 11.4. The van der Waals surface area contributed by atoms with Crippen molar-refractivity contribution in [2.75, 3.05) is 19.3 Å². The van der Waals surface area contributed by atoms with E-state index in [0.717, 1.165) is 24.7 Å². The van der Waals surface area contributed by atoms with Crippen LogP contribution in [0.1, 0.15) is 24.8 Å². The van der Waals surface area contributed by atoms with Crippen molar-refractivity contribution in [2.24, 2.45) is 0 Å². The zero-order chi connectivity index (χ0) is 14.2. The van der Waals surface area contributed by atoms with E-state index >= 15 is 0 Å². The van der Waals surface area contributed by atoms with Crippen molar-refractivity contribution in [1.29, 1.82) is 0 Å². The normalized spacial score (nSPS) is 24.1.